The Morgan fingerprint density at radius 2 is 1.94 bits per heavy atom. The van der Waals surface area contributed by atoms with Gasteiger partial charge in [0.15, 0.2) is 15.6 Å². The van der Waals surface area contributed by atoms with Gasteiger partial charge in [-0.1, -0.05) is 0 Å². The normalized spacial score (nSPS) is 19.1. The second kappa shape index (κ2) is 6.11. The largest absolute Gasteiger partial charge is 0.355 e. The van der Waals surface area contributed by atoms with Crippen molar-refractivity contribution >= 4 is 59.5 Å². The number of anilines is 2. The molecule has 0 amide bonds. The molecule has 8 heteroatoms. The fraction of sp³-hybridized carbons (Fsp3) is 0.261. The van der Waals surface area contributed by atoms with Crippen molar-refractivity contribution in [3.63, 3.8) is 0 Å². The highest BCUT2D eigenvalue weighted by atomic mass is 32.2. The molecule has 0 bridgehead atoms. The van der Waals surface area contributed by atoms with Crippen LogP contribution in [0, 0.1) is 0 Å². The number of pyridine rings is 1. The third-order valence-corrected chi connectivity index (χ3v) is 9.61. The highest BCUT2D eigenvalue weighted by molar-refractivity contribution is 7.94. The maximum Gasteiger partial charge on any atom is 0.191 e. The number of carbonyl (C=O) groups is 1. The molecule has 156 valence electrons. The van der Waals surface area contributed by atoms with Crippen LogP contribution >= 0.6 is 11.3 Å². The predicted octanol–water partition coefficient (Wildman–Crippen LogP) is 5.21. The van der Waals surface area contributed by atoms with Gasteiger partial charge in [-0.2, -0.15) is 0 Å². The van der Waals surface area contributed by atoms with Crippen LogP contribution in [0.1, 0.15) is 48.5 Å². The van der Waals surface area contributed by atoms with Crippen molar-refractivity contribution in [2.75, 3.05) is 5.32 Å². The molecule has 1 fully saturated rings. The smallest absolute Gasteiger partial charge is 0.191 e. The van der Waals surface area contributed by atoms with Crippen LogP contribution in [0.15, 0.2) is 46.9 Å². The number of thiazole rings is 1. The zero-order valence-electron chi connectivity index (χ0n) is 17.0. The molecular formula is C23H19N3O3S2. The van der Waals surface area contributed by atoms with Gasteiger partial charge in [0.2, 0.25) is 0 Å². The fourth-order valence-corrected chi connectivity index (χ4v) is 6.70. The third kappa shape index (κ3) is 2.55. The molecule has 0 atom stereocenters. The Labute approximate surface area is 183 Å². The molecule has 0 unspecified atom stereocenters. The Balaban J connectivity index is 1.60. The molecule has 0 spiro atoms. The lowest BCUT2D eigenvalue weighted by Crippen LogP contribution is -2.34. The molecule has 1 saturated carbocycles. The van der Waals surface area contributed by atoms with Gasteiger partial charge in [-0.25, -0.2) is 13.4 Å². The van der Waals surface area contributed by atoms with Gasteiger partial charge in [-0.3, -0.25) is 9.78 Å². The number of carbonyl (C=O) groups excluding carboxylic acids is 1. The molecular weight excluding hydrogens is 430 g/mol. The van der Waals surface area contributed by atoms with Gasteiger partial charge in [0, 0.05) is 28.5 Å². The number of sulfone groups is 1. The molecule has 0 saturated heterocycles. The van der Waals surface area contributed by atoms with Crippen LogP contribution in [0.4, 0.5) is 11.4 Å². The molecule has 2 aromatic heterocycles. The number of aromatic nitrogens is 2. The molecule has 1 N–H and O–H groups in total. The summed E-state index contributed by atoms with van der Waals surface area (Å²) in [6.07, 6.45) is 3.60. The third-order valence-electron chi connectivity index (χ3n) is 6.37. The van der Waals surface area contributed by atoms with Crippen molar-refractivity contribution in [2.24, 2.45) is 0 Å². The highest BCUT2D eigenvalue weighted by Crippen LogP contribution is 2.51. The van der Waals surface area contributed by atoms with Gasteiger partial charge in [-0.15, -0.1) is 11.3 Å². The highest BCUT2D eigenvalue weighted by Gasteiger charge is 2.54. The van der Waals surface area contributed by atoms with Crippen LogP contribution < -0.4 is 5.32 Å². The van der Waals surface area contributed by atoms with E-state index in [1.807, 2.05) is 29.8 Å². The van der Waals surface area contributed by atoms with Crippen LogP contribution in [0.25, 0.3) is 21.1 Å². The second-order valence-electron chi connectivity index (χ2n) is 8.70. The van der Waals surface area contributed by atoms with Gasteiger partial charge >= 0.3 is 0 Å². The second-order valence-corrected chi connectivity index (χ2v) is 12.0. The molecule has 1 aliphatic carbocycles. The molecule has 2 aromatic carbocycles. The van der Waals surface area contributed by atoms with E-state index in [1.165, 1.54) is 13.8 Å². The summed E-state index contributed by atoms with van der Waals surface area (Å²) in [6.45, 7) is 3.00. The van der Waals surface area contributed by atoms with Crippen molar-refractivity contribution in [2.45, 2.75) is 42.2 Å². The Morgan fingerprint density at radius 1 is 1.13 bits per heavy atom. The van der Waals surface area contributed by atoms with Crippen molar-refractivity contribution in [1.29, 1.82) is 0 Å². The molecule has 3 heterocycles. The summed E-state index contributed by atoms with van der Waals surface area (Å²) in [6, 6.07) is 9.43. The number of nitrogens with zero attached hydrogens (tertiary/aromatic N) is 2. The Hall–Kier alpha value is -2.84. The van der Waals surface area contributed by atoms with E-state index in [0.717, 1.165) is 45.4 Å². The van der Waals surface area contributed by atoms with E-state index in [1.54, 1.807) is 23.6 Å². The van der Waals surface area contributed by atoms with E-state index >= 15 is 0 Å². The number of ketones is 1. The van der Waals surface area contributed by atoms with Crippen LogP contribution in [0.2, 0.25) is 0 Å². The zero-order chi connectivity index (χ0) is 21.5. The van der Waals surface area contributed by atoms with Crippen molar-refractivity contribution in [3.05, 3.63) is 53.2 Å². The Morgan fingerprint density at radius 3 is 2.71 bits per heavy atom. The lowest BCUT2D eigenvalue weighted by Gasteiger charge is -2.14. The Bertz CT molecular complexity index is 1530. The number of benzene rings is 2. The van der Waals surface area contributed by atoms with Gasteiger partial charge < -0.3 is 5.32 Å². The molecule has 0 radical (unpaired) electrons. The average Bonchev–Trinajstić information content (AvgIpc) is 3.45. The van der Waals surface area contributed by atoms with Crippen LogP contribution in [-0.2, 0) is 9.84 Å². The minimum absolute atomic E-state index is 0.142. The summed E-state index contributed by atoms with van der Waals surface area (Å²) in [5, 5.41) is 4.13. The van der Waals surface area contributed by atoms with Gasteiger partial charge in [-0.05, 0) is 68.5 Å². The standard InChI is InChI=1S/C23H19N3O3S2/c1-23(2)22(27)20-18(31(23,28)29)10-14-15(7-8-24-21(14)19(20)12-3-4-12)26-13-5-6-17-16(9-13)25-11-30-17/h5-12H,3-4H2,1-2H3,(H,24,26). The fourth-order valence-electron chi connectivity index (χ4n) is 4.40. The quantitative estimate of drug-likeness (QED) is 0.462. The van der Waals surface area contributed by atoms with E-state index in [2.05, 4.69) is 15.3 Å². The molecule has 1 aliphatic heterocycles. The van der Waals surface area contributed by atoms with Crippen molar-refractivity contribution in [3.8, 4) is 0 Å². The van der Waals surface area contributed by atoms with E-state index in [9.17, 15) is 13.2 Å². The number of fused-ring (bicyclic) bond motifs is 3. The number of rotatable bonds is 3. The molecule has 6 nitrogen and oxygen atoms in total. The zero-order valence-corrected chi connectivity index (χ0v) is 18.6. The first-order valence-electron chi connectivity index (χ1n) is 10.1. The number of hydrogen-bond acceptors (Lipinski definition) is 7. The summed E-state index contributed by atoms with van der Waals surface area (Å²) in [5.41, 5.74) is 6.20. The first-order valence-corrected chi connectivity index (χ1v) is 12.5. The summed E-state index contributed by atoms with van der Waals surface area (Å²) in [7, 11) is -3.78. The number of Topliss-reactive ketones (excluding diaryl/α,β-unsaturated/α-hetero) is 1. The maximum atomic E-state index is 13.3. The predicted molar refractivity (Wildman–Crippen MR) is 122 cm³/mol. The van der Waals surface area contributed by atoms with E-state index in [-0.39, 0.29) is 16.6 Å². The summed E-state index contributed by atoms with van der Waals surface area (Å²) in [5.74, 6) is -0.139. The summed E-state index contributed by atoms with van der Waals surface area (Å²) >= 11 is 1.58. The van der Waals surface area contributed by atoms with Gasteiger partial charge in [0.1, 0.15) is 4.75 Å². The monoisotopic (exact) mass is 449 g/mol. The van der Waals surface area contributed by atoms with Gasteiger partial charge in [0.05, 0.1) is 26.1 Å². The summed E-state index contributed by atoms with van der Waals surface area (Å²) in [4.78, 5) is 22.3. The lowest BCUT2D eigenvalue weighted by molar-refractivity contribution is 0.0958. The first-order chi connectivity index (χ1) is 14.8. The maximum absolute atomic E-state index is 13.3. The number of hydrogen-bond donors (Lipinski definition) is 1. The van der Waals surface area contributed by atoms with E-state index < -0.39 is 14.6 Å². The SMILES string of the molecule is CC1(C)C(=O)c2c(cc3c(Nc4ccc5scnc5c4)ccnc3c2C2CC2)S1(=O)=O. The molecule has 4 aromatic rings. The Kier molecular flexibility index (Phi) is 3.72. The van der Waals surface area contributed by atoms with E-state index in [0.29, 0.717) is 11.1 Å². The van der Waals surface area contributed by atoms with E-state index in [4.69, 9.17) is 0 Å². The van der Waals surface area contributed by atoms with Crippen molar-refractivity contribution < 1.29 is 13.2 Å². The van der Waals surface area contributed by atoms with Crippen LogP contribution in [0.5, 0.6) is 0 Å². The van der Waals surface area contributed by atoms with Crippen LogP contribution in [0.3, 0.4) is 0 Å². The van der Waals surface area contributed by atoms with Gasteiger partial charge in [0.25, 0.3) is 0 Å². The molecule has 6 rings (SSSR count). The minimum atomic E-state index is -3.78. The van der Waals surface area contributed by atoms with Crippen LogP contribution in [-0.4, -0.2) is 28.9 Å². The first kappa shape index (κ1) is 18.9. The lowest BCUT2D eigenvalue weighted by atomic mass is 9.91. The summed E-state index contributed by atoms with van der Waals surface area (Å²) < 4.78 is 26.2. The molecule has 2 aliphatic rings. The van der Waals surface area contributed by atoms with Crippen molar-refractivity contribution in [1.82, 2.24) is 9.97 Å². The topological polar surface area (TPSA) is 89.0 Å². The molecule has 31 heavy (non-hydrogen) atoms. The number of nitrogens with one attached hydrogen (secondary N) is 1. The minimum Gasteiger partial charge on any atom is -0.355 e. The average molecular weight is 450 g/mol.